The predicted molar refractivity (Wildman–Crippen MR) is 75.8 cm³/mol. The third kappa shape index (κ3) is 5.30. The van der Waals surface area contributed by atoms with E-state index in [1.807, 2.05) is 31.2 Å². The molecule has 0 radical (unpaired) electrons. The number of carbonyl (C=O) groups excluding carboxylic acids is 1. The van der Waals surface area contributed by atoms with Gasteiger partial charge < -0.3 is 15.7 Å². The summed E-state index contributed by atoms with van der Waals surface area (Å²) < 4.78 is 0.902. The number of urea groups is 1. The number of amides is 2. The summed E-state index contributed by atoms with van der Waals surface area (Å²) in [5, 5.41) is 14.0. The minimum Gasteiger partial charge on any atom is -0.480 e. The number of benzene rings is 1. The number of aliphatic carboxylic acids is 1. The van der Waals surface area contributed by atoms with Gasteiger partial charge in [0, 0.05) is 11.0 Å². The van der Waals surface area contributed by atoms with Crippen LogP contribution in [-0.2, 0) is 11.3 Å². The minimum absolute atomic E-state index is 0.339. The van der Waals surface area contributed by atoms with Crippen LogP contribution in [0.3, 0.4) is 0 Å². The van der Waals surface area contributed by atoms with E-state index < -0.39 is 18.0 Å². The van der Waals surface area contributed by atoms with Crippen LogP contribution in [0.25, 0.3) is 0 Å². The lowest BCUT2D eigenvalue weighted by molar-refractivity contribution is -0.139. The Hall–Kier alpha value is -1.56. The molecule has 3 N–H and O–H groups in total. The van der Waals surface area contributed by atoms with Crippen LogP contribution in [0.15, 0.2) is 28.7 Å². The van der Waals surface area contributed by atoms with E-state index in [0.29, 0.717) is 19.4 Å². The first-order valence-corrected chi connectivity index (χ1v) is 6.84. The van der Waals surface area contributed by atoms with Crippen molar-refractivity contribution < 1.29 is 14.7 Å². The topological polar surface area (TPSA) is 78.4 Å². The van der Waals surface area contributed by atoms with Crippen LogP contribution >= 0.6 is 15.9 Å². The number of hydrogen-bond acceptors (Lipinski definition) is 2. The summed E-state index contributed by atoms with van der Waals surface area (Å²) in [5.41, 5.74) is 0.931. The van der Waals surface area contributed by atoms with Gasteiger partial charge in [0.15, 0.2) is 0 Å². The second-order valence-electron chi connectivity index (χ2n) is 4.10. The smallest absolute Gasteiger partial charge is 0.326 e. The van der Waals surface area contributed by atoms with Gasteiger partial charge in [0.05, 0.1) is 0 Å². The Morgan fingerprint density at radius 1 is 1.37 bits per heavy atom. The summed E-state index contributed by atoms with van der Waals surface area (Å²) in [5.74, 6) is -1.02. The van der Waals surface area contributed by atoms with Crippen molar-refractivity contribution in [1.29, 1.82) is 0 Å². The number of hydrogen-bond donors (Lipinski definition) is 3. The van der Waals surface area contributed by atoms with Crippen molar-refractivity contribution in [1.82, 2.24) is 10.6 Å². The summed E-state index contributed by atoms with van der Waals surface area (Å²) in [6.45, 7) is 2.21. The van der Waals surface area contributed by atoms with Crippen molar-refractivity contribution in [3.63, 3.8) is 0 Å². The Labute approximate surface area is 120 Å². The van der Waals surface area contributed by atoms with Gasteiger partial charge in [-0.05, 0) is 18.1 Å². The molecule has 1 unspecified atom stereocenters. The zero-order valence-corrected chi connectivity index (χ0v) is 12.2. The number of carboxylic acids is 1. The molecule has 5 nitrogen and oxygen atoms in total. The molecule has 0 aliphatic rings. The van der Waals surface area contributed by atoms with Crippen LogP contribution in [0, 0.1) is 0 Å². The first-order valence-electron chi connectivity index (χ1n) is 6.05. The molecule has 2 amide bonds. The van der Waals surface area contributed by atoms with Crippen LogP contribution in [-0.4, -0.2) is 23.1 Å². The van der Waals surface area contributed by atoms with E-state index >= 15 is 0 Å². The van der Waals surface area contributed by atoms with E-state index in [-0.39, 0.29) is 0 Å². The molecule has 0 aromatic heterocycles. The Morgan fingerprint density at radius 2 is 2.05 bits per heavy atom. The average Bonchev–Trinajstić information content (AvgIpc) is 2.37. The first kappa shape index (κ1) is 15.5. The summed E-state index contributed by atoms with van der Waals surface area (Å²) >= 11 is 3.38. The largest absolute Gasteiger partial charge is 0.480 e. The zero-order valence-electron chi connectivity index (χ0n) is 10.6. The van der Waals surface area contributed by atoms with Crippen LogP contribution in [0.4, 0.5) is 4.79 Å². The summed E-state index contributed by atoms with van der Waals surface area (Å²) in [6, 6.07) is 6.20. The summed E-state index contributed by atoms with van der Waals surface area (Å²) in [6.07, 6.45) is 1.11. The van der Waals surface area contributed by atoms with Gasteiger partial charge in [0.25, 0.3) is 0 Å². The molecule has 0 fully saturated rings. The summed E-state index contributed by atoms with van der Waals surface area (Å²) in [7, 11) is 0. The first-order chi connectivity index (χ1) is 9.04. The monoisotopic (exact) mass is 328 g/mol. The van der Waals surface area contributed by atoms with Crippen molar-refractivity contribution in [2.45, 2.75) is 32.4 Å². The van der Waals surface area contributed by atoms with Gasteiger partial charge in [0.2, 0.25) is 0 Å². The molecule has 1 aromatic rings. The Morgan fingerprint density at radius 3 is 2.63 bits per heavy atom. The highest BCUT2D eigenvalue weighted by atomic mass is 79.9. The molecule has 0 bridgehead atoms. The Kier molecular flexibility index (Phi) is 6.35. The van der Waals surface area contributed by atoms with Crippen LogP contribution in [0.5, 0.6) is 0 Å². The number of halogens is 1. The van der Waals surface area contributed by atoms with Crippen molar-refractivity contribution in [2.75, 3.05) is 0 Å². The lowest BCUT2D eigenvalue weighted by Gasteiger charge is -2.14. The highest BCUT2D eigenvalue weighted by Crippen LogP contribution is 2.15. The van der Waals surface area contributed by atoms with Gasteiger partial charge in [-0.25, -0.2) is 9.59 Å². The van der Waals surface area contributed by atoms with E-state index in [2.05, 4.69) is 26.6 Å². The fourth-order valence-electron chi connectivity index (χ4n) is 1.57. The van der Waals surface area contributed by atoms with E-state index in [0.717, 1.165) is 10.0 Å². The van der Waals surface area contributed by atoms with Gasteiger partial charge in [-0.1, -0.05) is 47.5 Å². The number of carbonyl (C=O) groups is 2. The lowest BCUT2D eigenvalue weighted by Crippen LogP contribution is -2.45. The number of rotatable bonds is 6. The van der Waals surface area contributed by atoms with Gasteiger partial charge in [0.1, 0.15) is 6.04 Å². The lowest BCUT2D eigenvalue weighted by atomic mass is 10.2. The third-order valence-corrected chi connectivity index (χ3v) is 3.35. The van der Waals surface area contributed by atoms with Crippen LogP contribution in [0.2, 0.25) is 0 Å². The van der Waals surface area contributed by atoms with E-state index in [1.165, 1.54) is 0 Å². The molecule has 0 spiro atoms. The van der Waals surface area contributed by atoms with Crippen molar-refractivity contribution >= 4 is 27.9 Å². The van der Waals surface area contributed by atoms with Gasteiger partial charge >= 0.3 is 12.0 Å². The normalized spacial score (nSPS) is 11.7. The molecule has 0 saturated carbocycles. The standard InChI is InChI=1S/C13H17BrN2O3/c1-2-5-11(12(17)18)16-13(19)15-8-9-6-3-4-7-10(9)14/h3-4,6-7,11H,2,5,8H2,1H3,(H,17,18)(H2,15,16,19). The average molecular weight is 329 g/mol. The molecular weight excluding hydrogens is 312 g/mol. The fraction of sp³-hybridized carbons (Fsp3) is 0.385. The van der Waals surface area contributed by atoms with E-state index in [1.54, 1.807) is 0 Å². The highest BCUT2D eigenvalue weighted by Gasteiger charge is 2.18. The maximum Gasteiger partial charge on any atom is 0.326 e. The Bertz CT molecular complexity index is 451. The van der Waals surface area contributed by atoms with Gasteiger partial charge in [-0.2, -0.15) is 0 Å². The molecule has 19 heavy (non-hydrogen) atoms. The molecule has 6 heteroatoms. The van der Waals surface area contributed by atoms with Crippen molar-refractivity contribution in [2.24, 2.45) is 0 Å². The van der Waals surface area contributed by atoms with E-state index in [9.17, 15) is 9.59 Å². The van der Waals surface area contributed by atoms with Gasteiger partial charge in [-0.3, -0.25) is 0 Å². The SMILES string of the molecule is CCCC(NC(=O)NCc1ccccc1Br)C(=O)O. The molecule has 1 rings (SSSR count). The molecule has 0 aliphatic carbocycles. The highest BCUT2D eigenvalue weighted by molar-refractivity contribution is 9.10. The maximum atomic E-state index is 11.6. The fourth-order valence-corrected chi connectivity index (χ4v) is 2.00. The van der Waals surface area contributed by atoms with Crippen molar-refractivity contribution in [3.8, 4) is 0 Å². The number of nitrogens with one attached hydrogen (secondary N) is 2. The third-order valence-electron chi connectivity index (χ3n) is 2.58. The summed E-state index contributed by atoms with van der Waals surface area (Å²) in [4.78, 5) is 22.5. The molecule has 0 aliphatic heterocycles. The molecule has 104 valence electrons. The second kappa shape index (κ2) is 7.78. The van der Waals surface area contributed by atoms with Crippen LogP contribution in [0.1, 0.15) is 25.3 Å². The van der Waals surface area contributed by atoms with Crippen molar-refractivity contribution in [3.05, 3.63) is 34.3 Å². The Balaban J connectivity index is 2.47. The van der Waals surface area contributed by atoms with Gasteiger partial charge in [-0.15, -0.1) is 0 Å². The number of carboxylic acid groups (broad SMARTS) is 1. The quantitative estimate of drug-likeness (QED) is 0.750. The molecule has 1 atom stereocenters. The van der Waals surface area contributed by atoms with Crippen LogP contribution < -0.4 is 10.6 Å². The maximum absolute atomic E-state index is 11.6. The molecule has 0 heterocycles. The zero-order chi connectivity index (χ0) is 14.3. The second-order valence-corrected chi connectivity index (χ2v) is 4.95. The minimum atomic E-state index is -1.02. The predicted octanol–water partition coefficient (Wildman–Crippen LogP) is 2.50. The molecule has 1 aromatic carbocycles. The van der Waals surface area contributed by atoms with E-state index in [4.69, 9.17) is 5.11 Å². The molecule has 0 saturated heterocycles. The molecular formula is C13H17BrN2O3.